The van der Waals surface area contributed by atoms with Gasteiger partial charge in [0, 0.05) is 12.1 Å². The van der Waals surface area contributed by atoms with Gasteiger partial charge in [0.25, 0.3) is 0 Å². The van der Waals surface area contributed by atoms with Gasteiger partial charge in [-0.1, -0.05) is 6.92 Å². The van der Waals surface area contributed by atoms with Crippen LogP contribution in [-0.4, -0.2) is 38.2 Å². The summed E-state index contributed by atoms with van der Waals surface area (Å²) < 4.78 is 5.36. The predicted molar refractivity (Wildman–Crippen MR) is 84.3 cm³/mol. The van der Waals surface area contributed by atoms with Gasteiger partial charge in [-0.15, -0.1) is 0 Å². The highest BCUT2D eigenvalue weighted by Gasteiger charge is 2.17. The normalized spacial score (nSPS) is 16.6. The lowest BCUT2D eigenvalue weighted by Crippen LogP contribution is -2.37. The van der Waals surface area contributed by atoms with Crippen molar-refractivity contribution in [3.8, 4) is 11.8 Å². The van der Waals surface area contributed by atoms with Gasteiger partial charge in [0.1, 0.15) is 5.75 Å². The fraction of sp³-hybridized carbons (Fsp3) is 0.588. The van der Waals surface area contributed by atoms with Crippen LogP contribution < -0.4 is 10.1 Å². The molecule has 0 aromatic heterocycles. The Morgan fingerprint density at radius 1 is 1.38 bits per heavy atom. The molecule has 2 rings (SSSR count). The number of nitrogens with zero attached hydrogens (tertiary/aromatic N) is 2. The maximum Gasteiger partial charge on any atom is 0.123 e. The molecule has 1 fully saturated rings. The van der Waals surface area contributed by atoms with Crippen LogP contribution in [0.15, 0.2) is 18.2 Å². The first-order valence-corrected chi connectivity index (χ1v) is 7.77. The monoisotopic (exact) mass is 287 g/mol. The topological polar surface area (TPSA) is 48.3 Å². The molecular formula is C17H25N3O. The maximum absolute atomic E-state index is 8.99. The lowest BCUT2D eigenvalue weighted by Gasteiger charge is -2.31. The zero-order valence-corrected chi connectivity index (χ0v) is 13.1. The highest BCUT2D eigenvalue weighted by Crippen LogP contribution is 2.20. The van der Waals surface area contributed by atoms with Crippen LogP contribution in [0.2, 0.25) is 0 Å². The first-order chi connectivity index (χ1) is 10.3. The van der Waals surface area contributed by atoms with Crippen molar-refractivity contribution >= 4 is 0 Å². The number of benzene rings is 1. The summed E-state index contributed by atoms with van der Waals surface area (Å²) in [4.78, 5) is 2.51. The average molecular weight is 287 g/mol. The first-order valence-electron chi connectivity index (χ1n) is 7.77. The average Bonchev–Trinajstić information content (AvgIpc) is 2.55. The molecule has 0 spiro atoms. The number of nitrogens with one attached hydrogen (secondary N) is 1. The second-order valence-electron chi connectivity index (χ2n) is 5.65. The molecule has 1 N–H and O–H groups in total. The molecule has 0 unspecified atom stereocenters. The third kappa shape index (κ3) is 4.45. The molecule has 1 saturated heterocycles. The number of nitriles is 1. The van der Waals surface area contributed by atoms with E-state index in [4.69, 9.17) is 10.00 Å². The molecule has 114 valence electrons. The van der Waals surface area contributed by atoms with Crippen LogP contribution in [0.25, 0.3) is 0 Å². The number of likely N-dealkylation sites (tertiary alicyclic amines) is 1. The van der Waals surface area contributed by atoms with E-state index < -0.39 is 0 Å². The fourth-order valence-corrected chi connectivity index (χ4v) is 2.90. The zero-order valence-electron chi connectivity index (χ0n) is 13.1. The van der Waals surface area contributed by atoms with Gasteiger partial charge in [-0.05, 0) is 63.1 Å². The van der Waals surface area contributed by atoms with Gasteiger partial charge in [0.2, 0.25) is 0 Å². The standard InChI is InChI=1S/C17H25N3O/c1-3-20-8-6-14(7-9-20)12-19-13-16-10-15(11-18)4-5-17(16)21-2/h4-5,10,14,19H,3,6-9,12-13H2,1-2H3. The van der Waals surface area contributed by atoms with Gasteiger partial charge in [-0.25, -0.2) is 0 Å². The number of piperidine rings is 1. The molecule has 0 saturated carbocycles. The number of rotatable bonds is 6. The largest absolute Gasteiger partial charge is 0.496 e. The fourth-order valence-electron chi connectivity index (χ4n) is 2.90. The minimum absolute atomic E-state index is 0.684. The van der Waals surface area contributed by atoms with Crippen molar-refractivity contribution in [2.45, 2.75) is 26.3 Å². The van der Waals surface area contributed by atoms with E-state index in [1.54, 1.807) is 13.2 Å². The van der Waals surface area contributed by atoms with Crippen LogP contribution in [0.5, 0.6) is 5.75 Å². The van der Waals surface area contributed by atoms with Crippen molar-refractivity contribution in [1.82, 2.24) is 10.2 Å². The molecular weight excluding hydrogens is 262 g/mol. The molecule has 1 aliphatic heterocycles. The first kappa shape index (κ1) is 15.8. The van der Waals surface area contributed by atoms with Gasteiger partial charge in [-0.2, -0.15) is 5.26 Å². The highest BCUT2D eigenvalue weighted by atomic mass is 16.5. The lowest BCUT2D eigenvalue weighted by atomic mass is 9.97. The third-order valence-corrected chi connectivity index (χ3v) is 4.31. The van der Waals surface area contributed by atoms with Crippen molar-refractivity contribution in [2.24, 2.45) is 5.92 Å². The van der Waals surface area contributed by atoms with E-state index in [-0.39, 0.29) is 0 Å². The van der Waals surface area contributed by atoms with Gasteiger partial charge in [0.05, 0.1) is 18.7 Å². The molecule has 21 heavy (non-hydrogen) atoms. The van der Waals surface area contributed by atoms with E-state index in [9.17, 15) is 0 Å². The van der Waals surface area contributed by atoms with Crippen molar-refractivity contribution in [1.29, 1.82) is 5.26 Å². The van der Waals surface area contributed by atoms with E-state index >= 15 is 0 Å². The van der Waals surface area contributed by atoms with Gasteiger partial charge >= 0.3 is 0 Å². The van der Waals surface area contributed by atoms with Gasteiger partial charge in [0.15, 0.2) is 0 Å². The van der Waals surface area contributed by atoms with E-state index in [1.807, 2.05) is 12.1 Å². The molecule has 4 nitrogen and oxygen atoms in total. The Labute approximate surface area is 127 Å². The van der Waals surface area contributed by atoms with Crippen molar-refractivity contribution in [3.05, 3.63) is 29.3 Å². The van der Waals surface area contributed by atoms with E-state index in [2.05, 4.69) is 23.2 Å². The van der Waals surface area contributed by atoms with Crippen molar-refractivity contribution in [3.63, 3.8) is 0 Å². The second-order valence-corrected chi connectivity index (χ2v) is 5.65. The molecule has 1 aliphatic rings. The summed E-state index contributed by atoms with van der Waals surface area (Å²) in [5, 5.41) is 12.5. The molecule has 0 radical (unpaired) electrons. The summed E-state index contributed by atoms with van der Waals surface area (Å²) in [5.74, 6) is 1.61. The Kier molecular flexibility index (Phi) is 6.04. The van der Waals surface area contributed by atoms with Crippen molar-refractivity contribution in [2.75, 3.05) is 33.3 Å². The smallest absolute Gasteiger partial charge is 0.123 e. The number of methoxy groups -OCH3 is 1. The molecule has 4 heteroatoms. The maximum atomic E-state index is 8.99. The van der Waals surface area contributed by atoms with Crippen LogP contribution in [0.3, 0.4) is 0 Å². The van der Waals surface area contributed by atoms with Crippen LogP contribution in [0.1, 0.15) is 30.9 Å². The summed E-state index contributed by atoms with van der Waals surface area (Å²) in [7, 11) is 1.67. The summed E-state index contributed by atoms with van der Waals surface area (Å²) in [6.45, 7) is 7.63. The van der Waals surface area contributed by atoms with Crippen molar-refractivity contribution < 1.29 is 4.74 Å². The molecule has 1 aromatic rings. The third-order valence-electron chi connectivity index (χ3n) is 4.31. The summed E-state index contributed by atoms with van der Waals surface area (Å²) >= 11 is 0. The second kappa shape index (κ2) is 8.02. The lowest BCUT2D eigenvalue weighted by molar-refractivity contribution is 0.190. The van der Waals surface area contributed by atoms with Gasteiger partial charge in [-0.3, -0.25) is 0 Å². The Balaban J connectivity index is 1.82. The molecule has 1 heterocycles. The molecule has 1 aromatic carbocycles. The quantitative estimate of drug-likeness (QED) is 0.873. The highest BCUT2D eigenvalue weighted by molar-refractivity contribution is 5.41. The van der Waals surface area contributed by atoms with E-state index in [0.717, 1.165) is 36.9 Å². The Morgan fingerprint density at radius 2 is 2.14 bits per heavy atom. The van der Waals surface area contributed by atoms with Crippen LogP contribution in [0, 0.1) is 17.2 Å². The minimum Gasteiger partial charge on any atom is -0.496 e. The van der Waals surface area contributed by atoms with Gasteiger partial charge < -0.3 is 15.0 Å². The number of hydrogen-bond donors (Lipinski definition) is 1. The summed E-state index contributed by atoms with van der Waals surface area (Å²) in [6.07, 6.45) is 2.55. The molecule has 0 bridgehead atoms. The van der Waals surface area contributed by atoms with Crippen LogP contribution >= 0.6 is 0 Å². The number of ether oxygens (including phenoxy) is 1. The van der Waals surface area contributed by atoms with Crippen LogP contribution in [-0.2, 0) is 6.54 Å². The minimum atomic E-state index is 0.684. The Hall–Kier alpha value is -1.57. The molecule has 0 amide bonds. The molecule has 0 atom stereocenters. The van der Waals surface area contributed by atoms with Crippen LogP contribution in [0.4, 0.5) is 0 Å². The molecule has 0 aliphatic carbocycles. The number of hydrogen-bond acceptors (Lipinski definition) is 4. The summed E-state index contributed by atoms with van der Waals surface area (Å²) in [6, 6.07) is 7.75. The Bertz CT molecular complexity index is 487. The predicted octanol–water partition coefficient (Wildman–Crippen LogP) is 2.39. The van der Waals surface area contributed by atoms with E-state index in [0.29, 0.717) is 5.56 Å². The van der Waals surface area contributed by atoms with E-state index in [1.165, 1.54) is 25.9 Å². The SMILES string of the molecule is CCN1CCC(CNCc2cc(C#N)ccc2OC)CC1. The zero-order chi connectivity index (χ0) is 15.1. The summed E-state index contributed by atoms with van der Waals surface area (Å²) in [5.41, 5.74) is 1.74. The Morgan fingerprint density at radius 3 is 2.76 bits per heavy atom.